The summed E-state index contributed by atoms with van der Waals surface area (Å²) >= 11 is 6.15. The smallest absolute Gasteiger partial charge is 0.306 e. The van der Waals surface area contributed by atoms with E-state index in [1.807, 2.05) is 6.07 Å². The molecular weight excluding hydrogens is 338 g/mol. The van der Waals surface area contributed by atoms with Crippen molar-refractivity contribution >= 4 is 38.4 Å². The fraction of sp³-hybridized carbons (Fsp3) is 0.312. The summed E-state index contributed by atoms with van der Waals surface area (Å²) in [5.41, 5.74) is 0. The van der Waals surface area contributed by atoms with Gasteiger partial charge in [-0.15, -0.1) is 0 Å². The molecule has 0 saturated carbocycles. The van der Waals surface area contributed by atoms with E-state index in [1.54, 1.807) is 24.3 Å². The van der Waals surface area contributed by atoms with Crippen LogP contribution in [0.1, 0.15) is 12.8 Å². The van der Waals surface area contributed by atoms with Crippen LogP contribution in [0, 0.1) is 5.92 Å². The Hall–Kier alpha value is -1.63. The highest BCUT2D eigenvalue weighted by Gasteiger charge is 2.32. The molecule has 0 radical (unpaired) electrons. The average molecular weight is 354 g/mol. The van der Waals surface area contributed by atoms with Crippen molar-refractivity contribution in [3.63, 3.8) is 0 Å². The summed E-state index contributed by atoms with van der Waals surface area (Å²) in [7, 11) is -3.67. The van der Waals surface area contributed by atoms with Gasteiger partial charge in [-0.05, 0) is 25.0 Å². The molecule has 0 aromatic heterocycles. The summed E-state index contributed by atoms with van der Waals surface area (Å²) < 4.78 is 27.2. The van der Waals surface area contributed by atoms with Crippen molar-refractivity contribution in [2.45, 2.75) is 17.7 Å². The molecule has 1 saturated heterocycles. The van der Waals surface area contributed by atoms with Crippen LogP contribution < -0.4 is 0 Å². The number of carboxylic acids is 1. The third-order valence-electron chi connectivity index (χ3n) is 4.25. The van der Waals surface area contributed by atoms with Gasteiger partial charge in [0.1, 0.15) is 0 Å². The second-order valence-electron chi connectivity index (χ2n) is 5.61. The van der Waals surface area contributed by atoms with E-state index < -0.39 is 21.9 Å². The molecule has 0 aliphatic carbocycles. The molecule has 7 heteroatoms. The molecule has 0 bridgehead atoms. The molecule has 0 unspecified atom stereocenters. The number of benzene rings is 2. The highest BCUT2D eigenvalue weighted by atomic mass is 35.5. The number of rotatable bonds is 3. The van der Waals surface area contributed by atoms with E-state index >= 15 is 0 Å². The van der Waals surface area contributed by atoms with Gasteiger partial charge >= 0.3 is 5.97 Å². The molecule has 5 nitrogen and oxygen atoms in total. The Morgan fingerprint density at radius 1 is 1.09 bits per heavy atom. The lowest BCUT2D eigenvalue weighted by Crippen LogP contribution is -2.40. The van der Waals surface area contributed by atoms with Crippen LogP contribution in [-0.4, -0.2) is 36.9 Å². The predicted octanol–water partition coefficient (Wildman–Crippen LogP) is 2.98. The van der Waals surface area contributed by atoms with E-state index in [0.717, 1.165) is 0 Å². The SMILES string of the molecule is O=C(O)C1CCN(S(=O)(=O)c2ccc(Cl)c3ccccc23)CC1. The standard InChI is InChI=1S/C16H16ClNO4S/c17-14-5-6-15(13-4-2-1-3-12(13)14)23(21,22)18-9-7-11(8-10-18)16(19)20/h1-6,11H,7-10H2,(H,19,20). The van der Waals surface area contributed by atoms with Gasteiger partial charge in [-0.25, -0.2) is 8.42 Å². The van der Waals surface area contributed by atoms with Crippen molar-refractivity contribution in [2.75, 3.05) is 13.1 Å². The van der Waals surface area contributed by atoms with Crippen LogP contribution in [0.2, 0.25) is 5.02 Å². The van der Waals surface area contributed by atoms with Crippen molar-refractivity contribution in [1.29, 1.82) is 0 Å². The molecule has 1 fully saturated rings. The number of nitrogens with zero attached hydrogens (tertiary/aromatic N) is 1. The Morgan fingerprint density at radius 3 is 2.30 bits per heavy atom. The molecule has 2 aromatic rings. The largest absolute Gasteiger partial charge is 0.481 e. The first kappa shape index (κ1) is 16.2. The summed E-state index contributed by atoms with van der Waals surface area (Å²) in [6.07, 6.45) is 0.667. The van der Waals surface area contributed by atoms with Crippen LogP contribution in [0.5, 0.6) is 0 Å². The minimum atomic E-state index is -3.67. The summed E-state index contributed by atoms with van der Waals surface area (Å²) in [6.45, 7) is 0.437. The Labute approximate surface area is 139 Å². The van der Waals surface area contributed by atoms with Gasteiger partial charge in [0.05, 0.1) is 10.8 Å². The molecule has 1 N–H and O–H groups in total. The van der Waals surface area contributed by atoms with Crippen LogP contribution in [0.15, 0.2) is 41.3 Å². The summed E-state index contributed by atoms with van der Waals surface area (Å²) in [6, 6.07) is 10.2. The van der Waals surface area contributed by atoms with E-state index in [-0.39, 0.29) is 18.0 Å². The monoisotopic (exact) mass is 353 g/mol. The zero-order valence-corrected chi connectivity index (χ0v) is 13.8. The van der Waals surface area contributed by atoms with E-state index in [2.05, 4.69) is 0 Å². The van der Waals surface area contributed by atoms with Gasteiger partial charge in [-0.1, -0.05) is 35.9 Å². The zero-order chi connectivity index (χ0) is 16.6. The Balaban J connectivity index is 1.98. The molecule has 0 spiro atoms. The molecule has 23 heavy (non-hydrogen) atoms. The Bertz CT molecular complexity index is 858. The third-order valence-corrected chi connectivity index (χ3v) is 6.54. The lowest BCUT2D eigenvalue weighted by molar-refractivity contribution is -0.142. The molecule has 3 rings (SSSR count). The van der Waals surface area contributed by atoms with Crippen LogP contribution >= 0.6 is 11.6 Å². The van der Waals surface area contributed by atoms with Crippen LogP contribution in [-0.2, 0) is 14.8 Å². The Kier molecular flexibility index (Phi) is 4.31. The molecular formula is C16H16ClNO4S. The fourth-order valence-corrected chi connectivity index (χ4v) is 4.84. The number of hydrogen-bond acceptors (Lipinski definition) is 3. The normalized spacial score (nSPS) is 17.4. The number of halogens is 1. The number of aliphatic carboxylic acids is 1. The summed E-state index contributed by atoms with van der Waals surface area (Å²) in [5.74, 6) is -1.33. The molecule has 0 atom stereocenters. The van der Waals surface area contributed by atoms with E-state index in [4.69, 9.17) is 16.7 Å². The summed E-state index contributed by atoms with van der Waals surface area (Å²) in [4.78, 5) is 11.2. The first-order valence-electron chi connectivity index (χ1n) is 7.31. The molecule has 1 aliphatic heterocycles. The minimum absolute atomic E-state index is 0.214. The second kappa shape index (κ2) is 6.11. The predicted molar refractivity (Wildman–Crippen MR) is 88.1 cm³/mol. The van der Waals surface area contributed by atoms with Gasteiger partial charge in [0.25, 0.3) is 0 Å². The third kappa shape index (κ3) is 2.94. The van der Waals surface area contributed by atoms with Gasteiger partial charge in [-0.3, -0.25) is 4.79 Å². The second-order valence-corrected chi connectivity index (χ2v) is 7.92. The molecule has 2 aromatic carbocycles. The maximum absolute atomic E-state index is 12.9. The van der Waals surface area contributed by atoms with E-state index in [0.29, 0.717) is 28.6 Å². The van der Waals surface area contributed by atoms with E-state index in [1.165, 1.54) is 10.4 Å². The average Bonchev–Trinajstić information content (AvgIpc) is 2.55. The lowest BCUT2D eigenvalue weighted by atomic mass is 9.99. The van der Waals surface area contributed by atoms with Gasteiger partial charge in [-0.2, -0.15) is 4.31 Å². The maximum atomic E-state index is 12.9. The number of sulfonamides is 1. The molecule has 122 valence electrons. The summed E-state index contributed by atoms with van der Waals surface area (Å²) in [5, 5.41) is 10.8. The van der Waals surface area contributed by atoms with Gasteiger partial charge in [0, 0.05) is 28.9 Å². The van der Waals surface area contributed by atoms with Crippen molar-refractivity contribution in [2.24, 2.45) is 5.92 Å². The topological polar surface area (TPSA) is 74.7 Å². The zero-order valence-electron chi connectivity index (χ0n) is 12.3. The molecule has 0 amide bonds. The van der Waals surface area contributed by atoms with Crippen LogP contribution in [0.4, 0.5) is 0 Å². The first-order chi connectivity index (χ1) is 10.9. The Morgan fingerprint density at radius 2 is 1.70 bits per heavy atom. The fourth-order valence-electron chi connectivity index (χ4n) is 2.94. The highest BCUT2D eigenvalue weighted by molar-refractivity contribution is 7.89. The van der Waals surface area contributed by atoms with Crippen molar-refractivity contribution < 1.29 is 18.3 Å². The minimum Gasteiger partial charge on any atom is -0.481 e. The molecule has 1 aliphatic rings. The number of fused-ring (bicyclic) bond motifs is 1. The molecule has 1 heterocycles. The van der Waals surface area contributed by atoms with Crippen molar-refractivity contribution in [3.8, 4) is 0 Å². The quantitative estimate of drug-likeness (QED) is 0.920. The van der Waals surface area contributed by atoms with Gasteiger partial charge < -0.3 is 5.11 Å². The van der Waals surface area contributed by atoms with E-state index in [9.17, 15) is 13.2 Å². The maximum Gasteiger partial charge on any atom is 0.306 e. The van der Waals surface area contributed by atoms with Gasteiger partial charge in [0.15, 0.2) is 0 Å². The van der Waals surface area contributed by atoms with Crippen LogP contribution in [0.3, 0.4) is 0 Å². The highest BCUT2D eigenvalue weighted by Crippen LogP contribution is 2.32. The first-order valence-corrected chi connectivity index (χ1v) is 9.13. The van der Waals surface area contributed by atoms with Crippen molar-refractivity contribution in [1.82, 2.24) is 4.31 Å². The number of hydrogen-bond donors (Lipinski definition) is 1. The lowest BCUT2D eigenvalue weighted by Gasteiger charge is -2.29. The number of carboxylic acid groups (broad SMARTS) is 1. The number of carbonyl (C=O) groups is 1. The van der Waals surface area contributed by atoms with Crippen molar-refractivity contribution in [3.05, 3.63) is 41.4 Å². The number of piperidine rings is 1. The van der Waals surface area contributed by atoms with Gasteiger partial charge in [0.2, 0.25) is 10.0 Å². The van der Waals surface area contributed by atoms with Crippen LogP contribution in [0.25, 0.3) is 10.8 Å².